The zero-order valence-electron chi connectivity index (χ0n) is 9.64. The van der Waals surface area contributed by atoms with E-state index in [0.717, 1.165) is 0 Å². The molecule has 92 valence electrons. The van der Waals surface area contributed by atoms with Crippen molar-refractivity contribution in [3.63, 3.8) is 0 Å². The van der Waals surface area contributed by atoms with Gasteiger partial charge in [0.2, 0.25) is 0 Å². The lowest BCUT2D eigenvalue weighted by atomic mass is 10.2. The first kappa shape index (κ1) is 13.0. The van der Waals surface area contributed by atoms with Crippen LogP contribution in [0, 0.1) is 0 Å². The molecular formula is C11H14N2O4. The Morgan fingerprint density at radius 2 is 2.12 bits per heavy atom. The Hall–Kier alpha value is -2.11. The molecule has 1 unspecified atom stereocenters. The van der Waals surface area contributed by atoms with Crippen LogP contribution >= 0.6 is 0 Å². The van der Waals surface area contributed by atoms with E-state index in [1.807, 2.05) is 0 Å². The third-order valence-corrected chi connectivity index (χ3v) is 2.28. The molecule has 0 aliphatic carbocycles. The molecule has 0 radical (unpaired) electrons. The fraction of sp³-hybridized carbons (Fsp3) is 0.364. The predicted octanol–water partition coefficient (Wildman–Crippen LogP) is -0.0217. The monoisotopic (exact) mass is 238 g/mol. The van der Waals surface area contributed by atoms with E-state index in [1.165, 1.54) is 29.8 Å². The molecule has 1 aromatic rings. The highest BCUT2D eigenvalue weighted by molar-refractivity contribution is 5.92. The standard InChI is InChI=1S/C11H14N2O4/c1-7(6-10(15)16)12-11(17)8-4-3-5-9(14)13(8)2/h3-5,7H,6H2,1-2H3,(H,12,17)(H,15,16). The number of hydrogen-bond acceptors (Lipinski definition) is 3. The van der Waals surface area contributed by atoms with Gasteiger partial charge in [0.25, 0.3) is 11.5 Å². The fourth-order valence-electron chi connectivity index (χ4n) is 1.40. The van der Waals surface area contributed by atoms with Crippen molar-refractivity contribution >= 4 is 11.9 Å². The number of carbonyl (C=O) groups excluding carboxylic acids is 1. The predicted molar refractivity (Wildman–Crippen MR) is 60.9 cm³/mol. The minimum Gasteiger partial charge on any atom is -0.481 e. The molecule has 0 aliphatic heterocycles. The Bertz CT molecular complexity index is 492. The van der Waals surface area contributed by atoms with Gasteiger partial charge in [-0.3, -0.25) is 14.4 Å². The minimum absolute atomic E-state index is 0.160. The SMILES string of the molecule is CC(CC(=O)O)NC(=O)c1cccc(=O)n1C. The van der Waals surface area contributed by atoms with Crippen LogP contribution in [-0.2, 0) is 11.8 Å². The molecule has 17 heavy (non-hydrogen) atoms. The number of hydrogen-bond donors (Lipinski definition) is 2. The lowest BCUT2D eigenvalue weighted by Gasteiger charge is -2.13. The second-order valence-corrected chi connectivity index (χ2v) is 3.78. The van der Waals surface area contributed by atoms with Gasteiger partial charge in [0, 0.05) is 19.2 Å². The summed E-state index contributed by atoms with van der Waals surface area (Å²) < 4.78 is 1.21. The number of nitrogens with one attached hydrogen (secondary N) is 1. The summed E-state index contributed by atoms with van der Waals surface area (Å²) in [5.74, 6) is -1.45. The normalized spacial score (nSPS) is 11.9. The summed E-state index contributed by atoms with van der Waals surface area (Å²) in [6, 6.07) is 3.84. The van der Waals surface area contributed by atoms with E-state index in [1.54, 1.807) is 6.92 Å². The van der Waals surface area contributed by atoms with E-state index >= 15 is 0 Å². The van der Waals surface area contributed by atoms with Gasteiger partial charge in [0.05, 0.1) is 6.42 Å². The van der Waals surface area contributed by atoms with Crippen LogP contribution in [0.15, 0.2) is 23.0 Å². The number of amides is 1. The van der Waals surface area contributed by atoms with E-state index in [-0.39, 0.29) is 17.7 Å². The first-order valence-electron chi connectivity index (χ1n) is 5.10. The van der Waals surface area contributed by atoms with Crippen molar-refractivity contribution in [2.75, 3.05) is 0 Å². The lowest BCUT2D eigenvalue weighted by Crippen LogP contribution is -2.37. The number of aliphatic carboxylic acids is 1. The molecule has 6 nitrogen and oxygen atoms in total. The Labute approximate surface area is 97.9 Å². The van der Waals surface area contributed by atoms with E-state index in [2.05, 4.69) is 5.32 Å². The number of rotatable bonds is 4. The van der Waals surface area contributed by atoms with Gasteiger partial charge < -0.3 is 15.0 Å². The summed E-state index contributed by atoms with van der Waals surface area (Å²) in [4.78, 5) is 33.5. The molecule has 0 spiro atoms. The van der Waals surface area contributed by atoms with E-state index in [4.69, 9.17) is 5.11 Å². The van der Waals surface area contributed by atoms with Crippen molar-refractivity contribution < 1.29 is 14.7 Å². The fourth-order valence-corrected chi connectivity index (χ4v) is 1.40. The van der Waals surface area contributed by atoms with Crippen LogP contribution in [0.3, 0.4) is 0 Å². The summed E-state index contributed by atoms with van der Waals surface area (Å²) >= 11 is 0. The smallest absolute Gasteiger partial charge is 0.305 e. The quantitative estimate of drug-likeness (QED) is 0.771. The van der Waals surface area contributed by atoms with Crippen molar-refractivity contribution in [1.82, 2.24) is 9.88 Å². The van der Waals surface area contributed by atoms with Gasteiger partial charge in [-0.25, -0.2) is 0 Å². The summed E-state index contributed by atoms with van der Waals surface area (Å²) in [6.07, 6.45) is -0.160. The van der Waals surface area contributed by atoms with Gasteiger partial charge in [-0.05, 0) is 13.0 Å². The molecule has 0 saturated carbocycles. The van der Waals surface area contributed by atoms with Gasteiger partial charge in [-0.1, -0.05) is 6.07 Å². The molecule has 0 saturated heterocycles. The summed E-state index contributed by atoms with van der Waals surface area (Å²) in [5, 5.41) is 11.1. The minimum atomic E-state index is -0.986. The van der Waals surface area contributed by atoms with E-state index in [9.17, 15) is 14.4 Å². The van der Waals surface area contributed by atoms with Gasteiger partial charge in [0.15, 0.2) is 0 Å². The topological polar surface area (TPSA) is 88.4 Å². The molecule has 1 heterocycles. The highest BCUT2D eigenvalue weighted by atomic mass is 16.4. The molecule has 1 aromatic heterocycles. The maximum absolute atomic E-state index is 11.7. The first-order valence-corrected chi connectivity index (χ1v) is 5.10. The second-order valence-electron chi connectivity index (χ2n) is 3.78. The maximum Gasteiger partial charge on any atom is 0.305 e. The van der Waals surface area contributed by atoms with E-state index < -0.39 is 17.9 Å². The van der Waals surface area contributed by atoms with Crippen molar-refractivity contribution in [3.8, 4) is 0 Å². The summed E-state index contributed by atoms with van der Waals surface area (Å²) in [5.41, 5.74) is -0.0849. The number of pyridine rings is 1. The van der Waals surface area contributed by atoms with Crippen molar-refractivity contribution in [1.29, 1.82) is 0 Å². The number of aromatic nitrogens is 1. The molecule has 0 aliphatic rings. The average molecular weight is 238 g/mol. The third-order valence-electron chi connectivity index (χ3n) is 2.28. The molecule has 0 bridgehead atoms. The Kier molecular flexibility index (Phi) is 4.03. The Morgan fingerprint density at radius 3 is 2.71 bits per heavy atom. The van der Waals surface area contributed by atoms with Crippen molar-refractivity contribution in [2.45, 2.75) is 19.4 Å². The third kappa shape index (κ3) is 3.44. The van der Waals surface area contributed by atoms with Gasteiger partial charge in [0.1, 0.15) is 5.69 Å². The van der Waals surface area contributed by atoms with Crippen LogP contribution < -0.4 is 10.9 Å². The van der Waals surface area contributed by atoms with Crippen LogP contribution in [0.2, 0.25) is 0 Å². The van der Waals surface area contributed by atoms with Crippen LogP contribution in [0.4, 0.5) is 0 Å². The van der Waals surface area contributed by atoms with Crippen molar-refractivity contribution in [2.24, 2.45) is 7.05 Å². The second kappa shape index (κ2) is 5.29. The largest absolute Gasteiger partial charge is 0.481 e. The highest BCUT2D eigenvalue weighted by Crippen LogP contribution is 1.97. The number of carboxylic acids is 1. The van der Waals surface area contributed by atoms with Crippen LogP contribution in [-0.4, -0.2) is 27.6 Å². The van der Waals surface area contributed by atoms with Crippen LogP contribution in [0.25, 0.3) is 0 Å². The summed E-state index contributed by atoms with van der Waals surface area (Å²) in [6.45, 7) is 1.59. The van der Waals surface area contributed by atoms with Crippen LogP contribution in [0.1, 0.15) is 23.8 Å². The number of carbonyl (C=O) groups is 2. The van der Waals surface area contributed by atoms with Crippen molar-refractivity contribution in [3.05, 3.63) is 34.2 Å². The zero-order chi connectivity index (χ0) is 13.0. The molecule has 1 rings (SSSR count). The Balaban J connectivity index is 2.80. The number of carboxylic acid groups (broad SMARTS) is 1. The average Bonchev–Trinajstić information content (AvgIpc) is 2.20. The maximum atomic E-state index is 11.7. The van der Waals surface area contributed by atoms with Gasteiger partial charge in [-0.15, -0.1) is 0 Å². The summed E-state index contributed by atoms with van der Waals surface area (Å²) in [7, 11) is 1.49. The first-order chi connectivity index (χ1) is 7.91. The molecule has 0 fully saturated rings. The Morgan fingerprint density at radius 1 is 1.47 bits per heavy atom. The van der Waals surface area contributed by atoms with Crippen LogP contribution in [0.5, 0.6) is 0 Å². The number of nitrogens with zero attached hydrogens (tertiary/aromatic N) is 1. The molecule has 2 N–H and O–H groups in total. The van der Waals surface area contributed by atoms with Gasteiger partial charge in [-0.2, -0.15) is 0 Å². The molecular weight excluding hydrogens is 224 g/mol. The molecule has 0 aromatic carbocycles. The molecule has 6 heteroatoms. The van der Waals surface area contributed by atoms with E-state index in [0.29, 0.717) is 0 Å². The highest BCUT2D eigenvalue weighted by Gasteiger charge is 2.14. The zero-order valence-corrected chi connectivity index (χ0v) is 9.64. The molecule has 1 amide bonds. The molecule has 1 atom stereocenters. The van der Waals surface area contributed by atoms with Gasteiger partial charge >= 0.3 is 5.97 Å². The lowest BCUT2D eigenvalue weighted by molar-refractivity contribution is -0.137.